The molecular formula is C18H23ClN2O4. The van der Waals surface area contributed by atoms with Crippen molar-refractivity contribution in [1.82, 2.24) is 4.90 Å². The van der Waals surface area contributed by atoms with E-state index in [9.17, 15) is 9.59 Å². The zero-order valence-corrected chi connectivity index (χ0v) is 15.3. The van der Waals surface area contributed by atoms with Crippen LogP contribution in [0.4, 0.5) is 5.69 Å². The quantitative estimate of drug-likeness (QED) is 0.822. The van der Waals surface area contributed by atoms with E-state index in [0.717, 1.165) is 25.9 Å². The van der Waals surface area contributed by atoms with Gasteiger partial charge < -0.3 is 19.3 Å². The van der Waals surface area contributed by atoms with Gasteiger partial charge in [0.05, 0.1) is 30.8 Å². The number of ether oxygens (including phenoxy) is 2. The Balaban J connectivity index is 1.82. The van der Waals surface area contributed by atoms with Crippen LogP contribution in [-0.4, -0.2) is 50.6 Å². The van der Waals surface area contributed by atoms with Gasteiger partial charge in [-0.15, -0.1) is 0 Å². The summed E-state index contributed by atoms with van der Waals surface area (Å²) in [5.74, 6) is 0.645. The highest BCUT2D eigenvalue weighted by Gasteiger charge is 2.38. The number of likely N-dealkylation sites (tertiary alicyclic amines) is 1. The van der Waals surface area contributed by atoms with E-state index in [1.807, 2.05) is 4.90 Å². The normalized spacial score (nSPS) is 20.8. The van der Waals surface area contributed by atoms with Crippen molar-refractivity contribution in [1.29, 1.82) is 0 Å². The summed E-state index contributed by atoms with van der Waals surface area (Å²) in [6, 6.07) is 3.32. The molecule has 0 radical (unpaired) electrons. The lowest BCUT2D eigenvalue weighted by Gasteiger charge is -2.29. The van der Waals surface area contributed by atoms with Gasteiger partial charge in [0, 0.05) is 38.2 Å². The van der Waals surface area contributed by atoms with Crippen molar-refractivity contribution in [2.45, 2.75) is 25.7 Å². The van der Waals surface area contributed by atoms with E-state index in [0.29, 0.717) is 28.8 Å². The molecule has 3 rings (SSSR count). The van der Waals surface area contributed by atoms with Crippen molar-refractivity contribution < 1.29 is 19.1 Å². The van der Waals surface area contributed by atoms with E-state index in [2.05, 4.69) is 0 Å². The maximum atomic E-state index is 12.7. The molecule has 0 spiro atoms. The van der Waals surface area contributed by atoms with E-state index in [1.54, 1.807) is 17.0 Å². The number of carbonyl (C=O) groups excluding carboxylic acids is 2. The number of benzene rings is 1. The molecule has 7 heteroatoms. The van der Waals surface area contributed by atoms with Gasteiger partial charge in [0.25, 0.3) is 0 Å². The van der Waals surface area contributed by atoms with Crippen molar-refractivity contribution in [2.75, 3.05) is 38.8 Å². The van der Waals surface area contributed by atoms with Crippen LogP contribution in [0.25, 0.3) is 0 Å². The molecule has 2 amide bonds. The molecule has 2 aliphatic rings. The third kappa shape index (κ3) is 3.54. The van der Waals surface area contributed by atoms with Crippen LogP contribution in [0.5, 0.6) is 11.5 Å². The van der Waals surface area contributed by atoms with Crippen molar-refractivity contribution >= 4 is 29.1 Å². The number of carbonyl (C=O) groups is 2. The number of piperidine rings is 1. The highest BCUT2D eigenvalue weighted by molar-refractivity contribution is 6.32. The van der Waals surface area contributed by atoms with Crippen LogP contribution in [-0.2, 0) is 9.59 Å². The number of nitrogens with zero attached hydrogens (tertiary/aromatic N) is 2. The average molecular weight is 367 g/mol. The topological polar surface area (TPSA) is 59.1 Å². The lowest BCUT2D eigenvalue weighted by atomic mass is 10.0. The summed E-state index contributed by atoms with van der Waals surface area (Å²) in [6.45, 7) is 1.94. The van der Waals surface area contributed by atoms with Gasteiger partial charge in [-0.3, -0.25) is 9.59 Å². The number of rotatable bonds is 4. The molecule has 0 aliphatic carbocycles. The Kier molecular flexibility index (Phi) is 5.37. The molecule has 0 saturated carbocycles. The molecule has 1 atom stereocenters. The number of hydrogen-bond acceptors (Lipinski definition) is 4. The van der Waals surface area contributed by atoms with Gasteiger partial charge in [0.1, 0.15) is 11.5 Å². The first-order valence-electron chi connectivity index (χ1n) is 8.55. The first-order chi connectivity index (χ1) is 12.0. The molecule has 2 heterocycles. The second kappa shape index (κ2) is 7.52. The molecule has 0 bridgehead atoms. The molecule has 0 N–H and O–H groups in total. The summed E-state index contributed by atoms with van der Waals surface area (Å²) in [5, 5.41) is 0.413. The van der Waals surface area contributed by atoms with Crippen molar-refractivity contribution in [3.05, 3.63) is 17.2 Å². The number of amides is 2. The monoisotopic (exact) mass is 366 g/mol. The summed E-state index contributed by atoms with van der Waals surface area (Å²) >= 11 is 6.13. The summed E-state index contributed by atoms with van der Waals surface area (Å²) < 4.78 is 10.6. The minimum absolute atomic E-state index is 0.0791. The summed E-state index contributed by atoms with van der Waals surface area (Å²) in [5.41, 5.74) is 0.586. The van der Waals surface area contributed by atoms with Gasteiger partial charge in [-0.05, 0) is 19.3 Å². The largest absolute Gasteiger partial charge is 0.495 e. The standard InChI is InChI=1S/C18H23ClN2O4/c1-24-15-10-14(16(25-2)9-13(15)19)21-11-12(8-17(21)22)18(23)20-6-4-3-5-7-20/h9-10,12H,3-8,11H2,1-2H3. The Morgan fingerprint density at radius 3 is 2.44 bits per heavy atom. The first-order valence-corrected chi connectivity index (χ1v) is 8.93. The Morgan fingerprint density at radius 1 is 1.12 bits per heavy atom. The van der Waals surface area contributed by atoms with Crippen LogP contribution in [0, 0.1) is 5.92 Å². The van der Waals surface area contributed by atoms with Gasteiger partial charge in [-0.25, -0.2) is 0 Å². The van der Waals surface area contributed by atoms with Crippen LogP contribution in [0.3, 0.4) is 0 Å². The summed E-state index contributed by atoms with van der Waals surface area (Å²) in [6.07, 6.45) is 3.47. The molecule has 1 aromatic rings. The maximum Gasteiger partial charge on any atom is 0.228 e. The molecule has 0 aromatic heterocycles. The molecular weight excluding hydrogens is 344 g/mol. The Hall–Kier alpha value is -1.95. The number of hydrogen-bond donors (Lipinski definition) is 0. The summed E-state index contributed by atoms with van der Waals surface area (Å²) in [4.78, 5) is 28.8. The van der Waals surface area contributed by atoms with Gasteiger partial charge >= 0.3 is 0 Å². The van der Waals surface area contributed by atoms with E-state index in [-0.39, 0.29) is 24.2 Å². The molecule has 6 nitrogen and oxygen atoms in total. The Labute approximate surface area is 152 Å². The first kappa shape index (κ1) is 17.9. The average Bonchev–Trinajstić information content (AvgIpc) is 3.03. The fourth-order valence-corrected chi connectivity index (χ4v) is 3.76. The number of anilines is 1. The van der Waals surface area contributed by atoms with Crippen molar-refractivity contribution in [3.8, 4) is 11.5 Å². The molecule has 1 unspecified atom stereocenters. The van der Waals surface area contributed by atoms with E-state index in [1.165, 1.54) is 20.6 Å². The van der Waals surface area contributed by atoms with Crippen LogP contribution in [0.2, 0.25) is 5.02 Å². The highest BCUT2D eigenvalue weighted by atomic mass is 35.5. The van der Waals surface area contributed by atoms with Crippen molar-refractivity contribution in [2.24, 2.45) is 5.92 Å². The van der Waals surface area contributed by atoms with Crippen LogP contribution >= 0.6 is 11.6 Å². The van der Waals surface area contributed by atoms with Crippen LogP contribution in [0.1, 0.15) is 25.7 Å². The fraction of sp³-hybridized carbons (Fsp3) is 0.556. The van der Waals surface area contributed by atoms with Crippen LogP contribution in [0.15, 0.2) is 12.1 Å². The number of methoxy groups -OCH3 is 2. The van der Waals surface area contributed by atoms with Gasteiger partial charge in [-0.2, -0.15) is 0 Å². The zero-order valence-electron chi connectivity index (χ0n) is 14.6. The zero-order chi connectivity index (χ0) is 18.0. The third-order valence-corrected chi connectivity index (χ3v) is 5.18. The van der Waals surface area contributed by atoms with Gasteiger partial charge in [-0.1, -0.05) is 11.6 Å². The van der Waals surface area contributed by atoms with E-state index in [4.69, 9.17) is 21.1 Å². The predicted octanol–water partition coefficient (Wildman–Crippen LogP) is 2.72. The Bertz CT molecular complexity index is 673. The van der Waals surface area contributed by atoms with E-state index < -0.39 is 0 Å². The summed E-state index contributed by atoms with van der Waals surface area (Å²) in [7, 11) is 3.05. The number of halogens is 1. The predicted molar refractivity (Wildman–Crippen MR) is 95.4 cm³/mol. The SMILES string of the molecule is COc1cc(N2CC(C(=O)N3CCCCC3)CC2=O)c(OC)cc1Cl. The molecule has 25 heavy (non-hydrogen) atoms. The second-order valence-corrected chi connectivity index (χ2v) is 6.86. The van der Waals surface area contributed by atoms with Gasteiger partial charge in [0.2, 0.25) is 11.8 Å². The highest BCUT2D eigenvalue weighted by Crippen LogP contribution is 2.40. The van der Waals surface area contributed by atoms with Crippen LogP contribution < -0.4 is 14.4 Å². The molecule has 1 aromatic carbocycles. The molecule has 2 fully saturated rings. The smallest absolute Gasteiger partial charge is 0.228 e. The van der Waals surface area contributed by atoms with Gasteiger partial charge in [0.15, 0.2) is 0 Å². The van der Waals surface area contributed by atoms with E-state index >= 15 is 0 Å². The second-order valence-electron chi connectivity index (χ2n) is 6.45. The lowest BCUT2D eigenvalue weighted by molar-refractivity contribution is -0.136. The minimum atomic E-state index is -0.308. The lowest BCUT2D eigenvalue weighted by Crippen LogP contribution is -2.40. The minimum Gasteiger partial charge on any atom is -0.495 e. The molecule has 136 valence electrons. The van der Waals surface area contributed by atoms with Crippen molar-refractivity contribution in [3.63, 3.8) is 0 Å². The molecule has 2 aliphatic heterocycles. The molecule has 2 saturated heterocycles. The fourth-order valence-electron chi connectivity index (χ4n) is 3.53. The Morgan fingerprint density at radius 2 is 1.80 bits per heavy atom. The third-order valence-electron chi connectivity index (χ3n) is 4.89. The maximum absolute atomic E-state index is 12.7.